The van der Waals surface area contributed by atoms with Gasteiger partial charge in [-0.15, -0.1) is 11.3 Å². The van der Waals surface area contributed by atoms with E-state index in [9.17, 15) is 22.8 Å². The van der Waals surface area contributed by atoms with Crippen LogP contribution in [-0.2, 0) is 12.7 Å². The number of rotatable bonds is 3. The maximum atomic E-state index is 13.3. The Morgan fingerprint density at radius 3 is 2.73 bits per heavy atom. The maximum absolute atomic E-state index is 13.3. The zero-order valence-electron chi connectivity index (χ0n) is 12.7. The van der Waals surface area contributed by atoms with E-state index in [1.807, 2.05) is 6.07 Å². The third-order valence-corrected chi connectivity index (χ3v) is 5.20. The molecule has 0 saturated heterocycles. The van der Waals surface area contributed by atoms with Gasteiger partial charge in [0.05, 0.1) is 39.2 Å². The maximum Gasteiger partial charge on any atom is 0.418 e. The first-order valence-electron chi connectivity index (χ1n) is 7.09. The number of pyridine rings is 1. The van der Waals surface area contributed by atoms with Gasteiger partial charge in [-0.25, -0.2) is 9.36 Å². The highest BCUT2D eigenvalue weighted by molar-refractivity contribution is 9.11. The Kier molecular flexibility index (Phi) is 4.72. The van der Waals surface area contributed by atoms with Crippen LogP contribution in [0.2, 0.25) is 0 Å². The Hall–Kier alpha value is -2.45. The van der Waals surface area contributed by atoms with E-state index in [1.54, 1.807) is 0 Å². The third kappa shape index (κ3) is 3.06. The summed E-state index contributed by atoms with van der Waals surface area (Å²) in [6, 6.07) is 4.11. The van der Waals surface area contributed by atoms with Crippen molar-refractivity contribution < 1.29 is 13.2 Å². The first-order valence-corrected chi connectivity index (χ1v) is 8.70. The molecule has 11 heteroatoms. The smallest absolute Gasteiger partial charge is 0.291 e. The summed E-state index contributed by atoms with van der Waals surface area (Å²) < 4.78 is 42.2. The van der Waals surface area contributed by atoms with E-state index in [0.29, 0.717) is 14.4 Å². The molecule has 0 aliphatic rings. The minimum absolute atomic E-state index is 0.0418. The summed E-state index contributed by atoms with van der Waals surface area (Å²) in [5.74, 6) is 0. The minimum Gasteiger partial charge on any atom is -0.291 e. The van der Waals surface area contributed by atoms with E-state index in [-0.39, 0.29) is 23.2 Å². The van der Waals surface area contributed by atoms with Crippen molar-refractivity contribution in [3.05, 3.63) is 54.7 Å². The van der Waals surface area contributed by atoms with E-state index in [1.165, 1.54) is 6.07 Å². The number of thiophene rings is 1. The van der Waals surface area contributed by atoms with E-state index in [0.717, 1.165) is 28.3 Å². The van der Waals surface area contributed by atoms with E-state index in [2.05, 4.69) is 20.9 Å². The molecule has 0 N–H and O–H groups in total. The summed E-state index contributed by atoms with van der Waals surface area (Å²) in [5, 5.41) is 8.79. The molecule has 0 fully saturated rings. The highest BCUT2D eigenvalue weighted by Gasteiger charge is 2.35. The van der Waals surface area contributed by atoms with Crippen molar-refractivity contribution in [2.45, 2.75) is 19.1 Å². The average molecular weight is 445 g/mol. The van der Waals surface area contributed by atoms with Gasteiger partial charge in [-0.3, -0.25) is 14.3 Å². The van der Waals surface area contributed by atoms with Crippen molar-refractivity contribution in [1.29, 1.82) is 5.26 Å². The van der Waals surface area contributed by atoms with E-state index < -0.39 is 28.7 Å². The van der Waals surface area contributed by atoms with Crippen molar-refractivity contribution in [2.24, 2.45) is 0 Å². The Balaban J connectivity index is 2.44. The third-order valence-electron chi connectivity index (χ3n) is 3.59. The molecular formula is C15H8BrF3N4O2S. The first kappa shape index (κ1) is 18.3. The fourth-order valence-corrected chi connectivity index (χ4v) is 4.03. The lowest BCUT2D eigenvalue weighted by atomic mass is 10.2. The lowest BCUT2D eigenvalue weighted by Crippen LogP contribution is -2.39. The lowest BCUT2D eigenvalue weighted by Gasteiger charge is -2.15. The van der Waals surface area contributed by atoms with Gasteiger partial charge in [0.25, 0.3) is 5.56 Å². The van der Waals surface area contributed by atoms with Crippen molar-refractivity contribution in [1.82, 2.24) is 14.1 Å². The number of nitriles is 1. The molecule has 3 aromatic rings. The second kappa shape index (κ2) is 6.69. The number of aryl methyl sites for hydroxylation is 1. The molecule has 0 spiro atoms. The molecule has 3 rings (SSSR count). The second-order valence-corrected chi connectivity index (χ2v) is 7.57. The predicted octanol–water partition coefficient (Wildman–Crippen LogP) is 3.30. The molecule has 0 aromatic carbocycles. The van der Waals surface area contributed by atoms with Gasteiger partial charge in [-0.1, -0.05) is 0 Å². The number of alkyl halides is 3. The molecule has 0 saturated carbocycles. The van der Waals surface area contributed by atoms with Crippen LogP contribution in [0.1, 0.15) is 12.0 Å². The van der Waals surface area contributed by atoms with Crippen molar-refractivity contribution in [3.8, 4) is 11.8 Å². The quantitative estimate of drug-likeness (QED) is 0.620. The Morgan fingerprint density at radius 2 is 2.08 bits per heavy atom. The topological polar surface area (TPSA) is 80.7 Å². The Labute approximate surface area is 155 Å². The van der Waals surface area contributed by atoms with Gasteiger partial charge in [-0.2, -0.15) is 18.4 Å². The minimum atomic E-state index is -4.77. The van der Waals surface area contributed by atoms with Crippen LogP contribution >= 0.6 is 27.3 Å². The molecule has 0 aliphatic heterocycles. The van der Waals surface area contributed by atoms with Gasteiger partial charge in [-0.05, 0) is 28.1 Å². The van der Waals surface area contributed by atoms with Gasteiger partial charge in [0.1, 0.15) is 4.70 Å². The number of nitrogens with zero attached hydrogens (tertiary/aromatic N) is 4. The fourth-order valence-electron chi connectivity index (χ4n) is 2.51. The zero-order chi connectivity index (χ0) is 19.1. The summed E-state index contributed by atoms with van der Waals surface area (Å²) in [7, 11) is 0. The fraction of sp³-hybridized carbons (Fsp3) is 0.200. The van der Waals surface area contributed by atoms with Crippen LogP contribution in [0.4, 0.5) is 13.2 Å². The lowest BCUT2D eigenvalue weighted by molar-refractivity contribution is -0.137. The molecule has 0 bridgehead atoms. The highest BCUT2D eigenvalue weighted by Crippen LogP contribution is 2.33. The predicted molar refractivity (Wildman–Crippen MR) is 92.4 cm³/mol. The zero-order valence-corrected chi connectivity index (χ0v) is 15.2. The van der Waals surface area contributed by atoms with E-state index in [4.69, 9.17) is 5.26 Å². The van der Waals surface area contributed by atoms with E-state index >= 15 is 0 Å². The van der Waals surface area contributed by atoms with Gasteiger partial charge >= 0.3 is 11.9 Å². The summed E-state index contributed by atoms with van der Waals surface area (Å²) in [5.41, 5.74) is -3.35. The molecule has 0 amide bonds. The number of fused-ring (bicyclic) bond motifs is 1. The molecule has 6 nitrogen and oxygen atoms in total. The number of hydrogen-bond acceptors (Lipinski definition) is 5. The molecule has 3 heterocycles. The molecule has 0 atom stereocenters. The summed E-state index contributed by atoms with van der Waals surface area (Å²) in [4.78, 5) is 29.2. The Morgan fingerprint density at radius 1 is 1.35 bits per heavy atom. The summed E-state index contributed by atoms with van der Waals surface area (Å²) >= 11 is 4.21. The first-order chi connectivity index (χ1) is 12.3. The SMILES string of the molecule is N#CCCn1c(=O)n(-c2cnccc2C(F)(F)F)c(=O)c2sc(Br)cc21. The molecular weight excluding hydrogens is 437 g/mol. The number of hydrogen-bond donors (Lipinski definition) is 0. The number of aromatic nitrogens is 3. The van der Waals surface area contributed by atoms with Crippen LogP contribution in [0.15, 0.2) is 37.9 Å². The van der Waals surface area contributed by atoms with Crippen LogP contribution in [0.5, 0.6) is 0 Å². The average Bonchev–Trinajstić information content (AvgIpc) is 2.96. The molecule has 134 valence electrons. The molecule has 0 radical (unpaired) electrons. The van der Waals surface area contributed by atoms with Gasteiger partial charge in [0.2, 0.25) is 0 Å². The summed E-state index contributed by atoms with van der Waals surface area (Å²) in [6.07, 6.45) is -3.05. The van der Waals surface area contributed by atoms with Crippen LogP contribution in [0.3, 0.4) is 0 Å². The highest BCUT2D eigenvalue weighted by atomic mass is 79.9. The monoisotopic (exact) mass is 444 g/mol. The van der Waals surface area contributed by atoms with Gasteiger partial charge in [0, 0.05) is 12.7 Å². The van der Waals surface area contributed by atoms with Gasteiger partial charge in [0.15, 0.2) is 0 Å². The molecule has 26 heavy (non-hydrogen) atoms. The number of halogens is 4. The normalized spacial score (nSPS) is 11.7. The molecule has 3 aromatic heterocycles. The van der Waals surface area contributed by atoms with Crippen LogP contribution in [-0.4, -0.2) is 14.1 Å². The van der Waals surface area contributed by atoms with Crippen molar-refractivity contribution >= 4 is 37.5 Å². The van der Waals surface area contributed by atoms with Crippen LogP contribution < -0.4 is 11.2 Å². The Bertz CT molecular complexity index is 1160. The van der Waals surface area contributed by atoms with Crippen molar-refractivity contribution in [2.75, 3.05) is 0 Å². The van der Waals surface area contributed by atoms with Crippen LogP contribution in [0.25, 0.3) is 15.9 Å². The largest absolute Gasteiger partial charge is 0.418 e. The van der Waals surface area contributed by atoms with Crippen molar-refractivity contribution in [3.63, 3.8) is 0 Å². The molecule has 0 unspecified atom stereocenters. The van der Waals surface area contributed by atoms with Gasteiger partial charge < -0.3 is 0 Å². The second-order valence-electron chi connectivity index (χ2n) is 5.14. The molecule has 0 aliphatic carbocycles. The summed E-state index contributed by atoms with van der Waals surface area (Å²) in [6.45, 7) is -0.0586. The van der Waals surface area contributed by atoms with Crippen LogP contribution in [0, 0.1) is 11.3 Å². The standard InChI is InChI=1S/C15H8BrF3N4O2S/c16-11-6-9-12(26-11)13(24)23(14(25)22(9)5-1-3-20)10-7-21-4-2-8(10)15(17,18)19/h2,4,6-7H,1,5H2.